The van der Waals surface area contributed by atoms with Gasteiger partial charge in [0, 0.05) is 17.4 Å². The van der Waals surface area contributed by atoms with Crippen molar-refractivity contribution in [3.63, 3.8) is 0 Å². The number of nitrogens with zero attached hydrogens (tertiary/aromatic N) is 2. The molecule has 0 fully saturated rings. The summed E-state index contributed by atoms with van der Waals surface area (Å²) in [6.45, 7) is 0. The predicted octanol–water partition coefficient (Wildman–Crippen LogP) is 4.40. The maximum absolute atomic E-state index is 13.2. The Bertz CT molecular complexity index is 919. The third-order valence-corrected chi connectivity index (χ3v) is 3.48. The van der Waals surface area contributed by atoms with E-state index in [0.717, 1.165) is 0 Å². The molecule has 2 aromatic carbocycles. The third-order valence-electron chi connectivity index (χ3n) is 3.19. The summed E-state index contributed by atoms with van der Waals surface area (Å²) in [6, 6.07) is 10.9. The maximum Gasteiger partial charge on any atom is 0.274 e. The smallest absolute Gasteiger partial charge is 0.274 e. The summed E-state index contributed by atoms with van der Waals surface area (Å²) in [4.78, 5) is 20.1. The Kier molecular flexibility index (Phi) is 4.85. The Balaban J connectivity index is 1.75. The van der Waals surface area contributed by atoms with Crippen LogP contribution in [0.2, 0.25) is 5.02 Å². The second kappa shape index (κ2) is 7.23. The number of hydrogen-bond acceptors (Lipinski definition) is 4. The lowest BCUT2D eigenvalue weighted by Crippen LogP contribution is -2.14. The lowest BCUT2D eigenvalue weighted by molar-refractivity contribution is 0.102. The largest absolute Gasteiger partial charge is 0.340 e. The van der Waals surface area contributed by atoms with Crippen LogP contribution in [0.1, 0.15) is 10.5 Å². The summed E-state index contributed by atoms with van der Waals surface area (Å²) in [7, 11) is 0. The minimum absolute atomic E-state index is 0.0340. The van der Waals surface area contributed by atoms with Gasteiger partial charge in [0.25, 0.3) is 5.91 Å². The fraction of sp³-hybridized carbons (Fsp3) is 0. The number of amides is 1. The molecule has 0 saturated carbocycles. The first-order valence-electron chi connectivity index (χ1n) is 7.12. The minimum atomic E-state index is -0.533. The highest BCUT2D eigenvalue weighted by Gasteiger charge is 2.10. The quantitative estimate of drug-likeness (QED) is 0.723. The topological polar surface area (TPSA) is 66.9 Å². The Labute approximate surface area is 146 Å². The molecule has 1 aromatic heterocycles. The van der Waals surface area contributed by atoms with Gasteiger partial charge in [-0.25, -0.2) is 18.7 Å². The van der Waals surface area contributed by atoms with Gasteiger partial charge in [-0.2, -0.15) is 0 Å². The van der Waals surface area contributed by atoms with E-state index in [1.165, 1.54) is 54.9 Å². The number of rotatable bonds is 4. The van der Waals surface area contributed by atoms with Crippen LogP contribution in [0.4, 0.5) is 26.0 Å². The van der Waals surface area contributed by atoms with Gasteiger partial charge in [-0.1, -0.05) is 11.6 Å². The van der Waals surface area contributed by atoms with Crippen molar-refractivity contribution in [2.24, 2.45) is 0 Å². The summed E-state index contributed by atoms with van der Waals surface area (Å²) < 4.78 is 26.1. The second-order valence-electron chi connectivity index (χ2n) is 5.00. The van der Waals surface area contributed by atoms with Crippen LogP contribution in [-0.2, 0) is 0 Å². The van der Waals surface area contributed by atoms with E-state index < -0.39 is 17.5 Å². The molecule has 1 amide bonds. The van der Waals surface area contributed by atoms with Gasteiger partial charge in [0.2, 0.25) is 0 Å². The summed E-state index contributed by atoms with van der Waals surface area (Å²) in [5.41, 5.74) is 1.05. The van der Waals surface area contributed by atoms with E-state index in [4.69, 9.17) is 11.6 Å². The molecule has 0 bridgehead atoms. The van der Waals surface area contributed by atoms with Crippen molar-refractivity contribution in [2.75, 3.05) is 10.6 Å². The van der Waals surface area contributed by atoms with Crippen molar-refractivity contribution >= 4 is 34.7 Å². The maximum atomic E-state index is 13.2. The molecule has 5 nitrogen and oxygen atoms in total. The molecule has 25 heavy (non-hydrogen) atoms. The van der Waals surface area contributed by atoms with Gasteiger partial charge in [0.1, 0.15) is 29.5 Å². The third kappa shape index (κ3) is 4.27. The number of aromatic nitrogens is 2. The van der Waals surface area contributed by atoms with Crippen LogP contribution >= 0.6 is 11.6 Å². The van der Waals surface area contributed by atoms with Crippen LogP contribution in [0, 0.1) is 11.6 Å². The van der Waals surface area contributed by atoms with Gasteiger partial charge in [-0.15, -0.1) is 0 Å². The van der Waals surface area contributed by atoms with E-state index in [0.29, 0.717) is 17.2 Å². The van der Waals surface area contributed by atoms with Crippen LogP contribution in [0.15, 0.2) is 54.9 Å². The molecule has 126 valence electrons. The fourth-order valence-electron chi connectivity index (χ4n) is 2.00. The molecule has 3 rings (SSSR count). The minimum Gasteiger partial charge on any atom is -0.340 e. The molecular weight excluding hydrogens is 350 g/mol. The van der Waals surface area contributed by atoms with E-state index in [1.807, 2.05) is 0 Å². The number of hydrogen-bond donors (Lipinski definition) is 2. The van der Waals surface area contributed by atoms with Crippen molar-refractivity contribution < 1.29 is 13.6 Å². The van der Waals surface area contributed by atoms with Crippen molar-refractivity contribution in [2.45, 2.75) is 0 Å². The van der Waals surface area contributed by atoms with Crippen molar-refractivity contribution in [3.8, 4) is 0 Å². The van der Waals surface area contributed by atoms with E-state index in [2.05, 4.69) is 20.6 Å². The highest BCUT2D eigenvalue weighted by atomic mass is 35.5. The van der Waals surface area contributed by atoms with Crippen LogP contribution in [0.5, 0.6) is 0 Å². The molecule has 0 aliphatic heterocycles. The number of nitrogens with one attached hydrogen (secondary N) is 2. The number of halogens is 3. The monoisotopic (exact) mass is 360 g/mol. The van der Waals surface area contributed by atoms with E-state index in [-0.39, 0.29) is 10.7 Å². The van der Waals surface area contributed by atoms with Crippen LogP contribution in [0.3, 0.4) is 0 Å². The average molecular weight is 361 g/mol. The molecule has 0 spiro atoms. The van der Waals surface area contributed by atoms with Gasteiger partial charge in [0.05, 0.1) is 5.02 Å². The van der Waals surface area contributed by atoms with E-state index in [1.54, 1.807) is 0 Å². The van der Waals surface area contributed by atoms with E-state index >= 15 is 0 Å². The van der Waals surface area contributed by atoms with E-state index in [9.17, 15) is 13.6 Å². The number of anilines is 3. The second-order valence-corrected chi connectivity index (χ2v) is 5.41. The Morgan fingerprint density at radius 3 is 2.40 bits per heavy atom. The zero-order chi connectivity index (χ0) is 17.8. The van der Waals surface area contributed by atoms with Crippen LogP contribution < -0.4 is 10.6 Å². The molecule has 0 atom stereocenters. The molecule has 0 radical (unpaired) electrons. The Morgan fingerprint density at radius 2 is 1.68 bits per heavy atom. The highest BCUT2D eigenvalue weighted by molar-refractivity contribution is 6.31. The lowest BCUT2D eigenvalue weighted by Gasteiger charge is -2.08. The SMILES string of the molecule is O=C(Nc1ccc(F)cc1)c1cc(Nc2ccc(F)c(Cl)c2)ncn1. The Morgan fingerprint density at radius 1 is 0.960 bits per heavy atom. The Hall–Kier alpha value is -3.06. The number of benzene rings is 2. The fourth-order valence-corrected chi connectivity index (χ4v) is 2.18. The molecule has 0 unspecified atom stereocenters. The normalized spacial score (nSPS) is 10.4. The predicted molar refractivity (Wildman–Crippen MR) is 91.1 cm³/mol. The zero-order valence-corrected chi connectivity index (χ0v) is 13.4. The average Bonchev–Trinajstić information content (AvgIpc) is 2.60. The standard InChI is InChI=1S/C17H11ClF2N4O/c18-13-7-12(5-6-14(13)20)23-16-8-15(21-9-22-16)17(25)24-11-3-1-10(19)2-4-11/h1-9H,(H,24,25)(H,21,22,23). The zero-order valence-electron chi connectivity index (χ0n) is 12.6. The summed E-state index contributed by atoms with van der Waals surface area (Å²) in [5, 5.41) is 5.47. The van der Waals surface area contributed by atoms with Gasteiger partial charge >= 0.3 is 0 Å². The molecule has 2 N–H and O–H groups in total. The highest BCUT2D eigenvalue weighted by Crippen LogP contribution is 2.22. The number of carbonyl (C=O) groups is 1. The molecule has 0 aliphatic rings. The number of carbonyl (C=O) groups excluding carboxylic acids is 1. The molecule has 1 heterocycles. The van der Waals surface area contributed by atoms with Gasteiger partial charge in [-0.3, -0.25) is 4.79 Å². The first-order chi connectivity index (χ1) is 12.0. The van der Waals surface area contributed by atoms with Gasteiger partial charge in [0.15, 0.2) is 0 Å². The first kappa shape index (κ1) is 16.8. The van der Waals surface area contributed by atoms with Crippen molar-refractivity contribution in [3.05, 3.63) is 77.2 Å². The molecular formula is C17H11ClF2N4O. The van der Waals surface area contributed by atoms with Crippen LogP contribution in [0.25, 0.3) is 0 Å². The van der Waals surface area contributed by atoms with Gasteiger partial charge < -0.3 is 10.6 Å². The van der Waals surface area contributed by atoms with Gasteiger partial charge in [-0.05, 0) is 42.5 Å². The first-order valence-corrected chi connectivity index (χ1v) is 7.50. The summed E-state index contributed by atoms with van der Waals surface area (Å²) >= 11 is 5.72. The molecule has 8 heteroatoms. The van der Waals surface area contributed by atoms with Crippen molar-refractivity contribution in [1.29, 1.82) is 0 Å². The summed E-state index contributed by atoms with van der Waals surface area (Å²) in [6.07, 6.45) is 1.22. The molecule has 0 saturated heterocycles. The summed E-state index contributed by atoms with van der Waals surface area (Å²) in [5.74, 6) is -1.07. The van der Waals surface area contributed by atoms with Crippen LogP contribution in [-0.4, -0.2) is 15.9 Å². The lowest BCUT2D eigenvalue weighted by atomic mass is 10.3. The molecule has 3 aromatic rings. The molecule has 0 aliphatic carbocycles. The van der Waals surface area contributed by atoms with Crippen molar-refractivity contribution in [1.82, 2.24) is 9.97 Å².